The minimum atomic E-state index is 0.183. The van der Waals surface area contributed by atoms with E-state index in [4.69, 9.17) is 5.73 Å². The Morgan fingerprint density at radius 3 is 2.89 bits per heavy atom. The molecule has 1 atom stereocenters. The lowest BCUT2D eigenvalue weighted by Crippen LogP contribution is -2.29. The van der Waals surface area contributed by atoms with Crippen molar-refractivity contribution in [2.45, 2.75) is 25.8 Å². The summed E-state index contributed by atoms with van der Waals surface area (Å²) in [4.78, 5) is 4.30. The highest BCUT2D eigenvalue weighted by atomic mass is 14.9. The monoisotopic (exact) mass is 254 g/mol. The Hall–Kier alpha value is -2.12. The van der Waals surface area contributed by atoms with E-state index in [1.807, 2.05) is 24.3 Å². The lowest BCUT2D eigenvalue weighted by atomic mass is 10.1. The van der Waals surface area contributed by atoms with E-state index in [2.05, 4.69) is 23.3 Å². The van der Waals surface area contributed by atoms with Crippen LogP contribution in [0.2, 0.25) is 0 Å². The molecule has 2 rings (SSSR count). The summed E-state index contributed by atoms with van der Waals surface area (Å²) in [6, 6.07) is 10.2. The third kappa shape index (κ3) is 2.83. The zero-order valence-corrected chi connectivity index (χ0v) is 11.1. The van der Waals surface area contributed by atoms with E-state index in [1.165, 1.54) is 0 Å². The van der Waals surface area contributed by atoms with E-state index >= 15 is 0 Å². The van der Waals surface area contributed by atoms with Gasteiger partial charge in [-0.15, -0.1) is 0 Å². The number of pyridine rings is 1. The number of aromatic nitrogens is 1. The zero-order chi connectivity index (χ0) is 13.7. The molecule has 0 radical (unpaired) electrons. The highest BCUT2D eigenvalue weighted by molar-refractivity contribution is 5.93. The van der Waals surface area contributed by atoms with Gasteiger partial charge in [0.25, 0.3) is 0 Å². The van der Waals surface area contributed by atoms with Crippen LogP contribution in [0.15, 0.2) is 30.5 Å². The predicted molar refractivity (Wildman–Crippen MR) is 77.8 cm³/mol. The highest BCUT2D eigenvalue weighted by Gasteiger charge is 2.12. The molecule has 1 unspecified atom stereocenters. The fraction of sp³-hybridized carbons (Fsp3) is 0.333. The molecule has 0 saturated carbocycles. The molecule has 0 fully saturated rings. The van der Waals surface area contributed by atoms with Crippen LogP contribution in [0.4, 0.5) is 5.69 Å². The summed E-state index contributed by atoms with van der Waals surface area (Å²) in [6.45, 7) is 2.68. The number of nitrogens with zero attached hydrogens (tertiary/aromatic N) is 2. The standard InChI is InChI=1S/C15H18N4/c1-2-5-12(9-17)19-15-11(8-16)10-18-14-7-4-3-6-13(14)15/h3-4,6-7,10,12H,2,5,9,17H2,1H3,(H,18,19). The largest absolute Gasteiger partial charge is 0.379 e. The maximum Gasteiger partial charge on any atom is 0.103 e. The van der Waals surface area contributed by atoms with Crippen LogP contribution in [0.3, 0.4) is 0 Å². The molecule has 0 amide bonds. The smallest absolute Gasteiger partial charge is 0.103 e. The van der Waals surface area contributed by atoms with Gasteiger partial charge in [-0.1, -0.05) is 31.5 Å². The van der Waals surface area contributed by atoms with Gasteiger partial charge in [-0.25, -0.2) is 0 Å². The third-order valence-electron chi connectivity index (χ3n) is 3.17. The number of para-hydroxylation sites is 1. The number of nitrogens with two attached hydrogens (primary N) is 1. The Morgan fingerprint density at radius 2 is 2.21 bits per heavy atom. The maximum atomic E-state index is 9.23. The van der Waals surface area contributed by atoms with E-state index in [0.29, 0.717) is 12.1 Å². The first-order chi connectivity index (χ1) is 9.30. The molecule has 4 nitrogen and oxygen atoms in total. The van der Waals surface area contributed by atoms with Gasteiger partial charge >= 0.3 is 0 Å². The van der Waals surface area contributed by atoms with Crippen molar-refractivity contribution < 1.29 is 0 Å². The van der Waals surface area contributed by atoms with Crippen molar-refractivity contribution in [2.24, 2.45) is 5.73 Å². The summed E-state index contributed by atoms with van der Waals surface area (Å²) in [5, 5.41) is 13.6. The van der Waals surface area contributed by atoms with Crippen LogP contribution in [-0.4, -0.2) is 17.6 Å². The second kappa shape index (κ2) is 6.17. The molecule has 0 bridgehead atoms. The highest BCUT2D eigenvalue weighted by Crippen LogP contribution is 2.26. The molecule has 0 spiro atoms. The van der Waals surface area contributed by atoms with Crippen molar-refractivity contribution in [3.63, 3.8) is 0 Å². The molecular formula is C15H18N4. The number of benzene rings is 1. The molecule has 1 aromatic carbocycles. The summed E-state index contributed by atoms with van der Waals surface area (Å²) in [6.07, 6.45) is 3.65. The quantitative estimate of drug-likeness (QED) is 0.860. The molecule has 19 heavy (non-hydrogen) atoms. The number of anilines is 1. The molecule has 2 aromatic rings. The fourth-order valence-electron chi connectivity index (χ4n) is 2.18. The van der Waals surface area contributed by atoms with Crippen molar-refractivity contribution in [1.82, 2.24) is 4.98 Å². The van der Waals surface area contributed by atoms with E-state index in [9.17, 15) is 5.26 Å². The molecule has 0 saturated heterocycles. The van der Waals surface area contributed by atoms with Crippen molar-refractivity contribution in [3.8, 4) is 6.07 Å². The number of hydrogen-bond acceptors (Lipinski definition) is 4. The maximum absolute atomic E-state index is 9.23. The summed E-state index contributed by atoms with van der Waals surface area (Å²) in [7, 11) is 0. The number of nitrogens with one attached hydrogen (secondary N) is 1. The number of rotatable bonds is 5. The number of hydrogen-bond donors (Lipinski definition) is 2. The van der Waals surface area contributed by atoms with Gasteiger partial charge in [-0.2, -0.15) is 5.26 Å². The van der Waals surface area contributed by atoms with Crippen LogP contribution in [0.5, 0.6) is 0 Å². The summed E-state index contributed by atoms with van der Waals surface area (Å²) in [5.41, 5.74) is 8.07. The Kier molecular flexibility index (Phi) is 4.32. The molecule has 0 aliphatic carbocycles. The van der Waals surface area contributed by atoms with E-state index in [-0.39, 0.29) is 6.04 Å². The molecular weight excluding hydrogens is 236 g/mol. The predicted octanol–water partition coefficient (Wildman–Crippen LogP) is 2.65. The average Bonchev–Trinajstić information content (AvgIpc) is 2.46. The SMILES string of the molecule is CCCC(CN)Nc1c(C#N)cnc2ccccc12. The molecule has 1 heterocycles. The molecule has 98 valence electrons. The molecule has 0 aliphatic heterocycles. The minimum Gasteiger partial charge on any atom is -0.379 e. The number of nitriles is 1. The Labute approximate surface area is 113 Å². The van der Waals surface area contributed by atoms with Crippen LogP contribution >= 0.6 is 0 Å². The minimum absolute atomic E-state index is 0.183. The van der Waals surface area contributed by atoms with Crippen LogP contribution in [0, 0.1) is 11.3 Å². The van der Waals surface area contributed by atoms with Gasteiger partial charge in [0.2, 0.25) is 0 Å². The summed E-state index contributed by atoms with van der Waals surface area (Å²) in [5.74, 6) is 0. The van der Waals surface area contributed by atoms with Gasteiger partial charge in [0.1, 0.15) is 6.07 Å². The summed E-state index contributed by atoms with van der Waals surface area (Å²) < 4.78 is 0. The first-order valence-corrected chi connectivity index (χ1v) is 6.54. The fourth-order valence-corrected chi connectivity index (χ4v) is 2.18. The van der Waals surface area contributed by atoms with Gasteiger partial charge in [-0.3, -0.25) is 4.98 Å². The van der Waals surface area contributed by atoms with Crippen LogP contribution in [-0.2, 0) is 0 Å². The summed E-state index contributed by atoms with van der Waals surface area (Å²) >= 11 is 0. The Bertz CT molecular complexity index is 601. The van der Waals surface area contributed by atoms with Crippen molar-refractivity contribution in [2.75, 3.05) is 11.9 Å². The Morgan fingerprint density at radius 1 is 1.42 bits per heavy atom. The topological polar surface area (TPSA) is 74.7 Å². The van der Waals surface area contributed by atoms with Crippen molar-refractivity contribution >= 4 is 16.6 Å². The van der Waals surface area contributed by atoms with E-state index < -0.39 is 0 Å². The van der Waals surface area contributed by atoms with Gasteiger partial charge in [0, 0.05) is 24.2 Å². The molecule has 0 aliphatic rings. The van der Waals surface area contributed by atoms with Crippen LogP contribution in [0.25, 0.3) is 10.9 Å². The lowest BCUT2D eigenvalue weighted by molar-refractivity contribution is 0.649. The first kappa shape index (κ1) is 13.3. The molecule has 1 aromatic heterocycles. The van der Waals surface area contributed by atoms with Crippen molar-refractivity contribution in [3.05, 3.63) is 36.0 Å². The second-order valence-corrected chi connectivity index (χ2v) is 4.54. The van der Waals surface area contributed by atoms with Gasteiger partial charge in [0.15, 0.2) is 0 Å². The zero-order valence-electron chi connectivity index (χ0n) is 11.1. The van der Waals surface area contributed by atoms with E-state index in [0.717, 1.165) is 29.4 Å². The second-order valence-electron chi connectivity index (χ2n) is 4.54. The van der Waals surface area contributed by atoms with Crippen LogP contribution in [0.1, 0.15) is 25.3 Å². The van der Waals surface area contributed by atoms with Crippen LogP contribution < -0.4 is 11.1 Å². The Balaban J connectivity index is 2.47. The van der Waals surface area contributed by atoms with Gasteiger partial charge in [0.05, 0.1) is 16.8 Å². The first-order valence-electron chi connectivity index (χ1n) is 6.54. The molecule has 3 N–H and O–H groups in total. The van der Waals surface area contributed by atoms with Gasteiger partial charge in [-0.05, 0) is 12.5 Å². The van der Waals surface area contributed by atoms with Crippen molar-refractivity contribution in [1.29, 1.82) is 5.26 Å². The van der Waals surface area contributed by atoms with E-state index in [1.54, 1.807) is 6.20 Å². The average molecular weight is 254 g/mol. The third-order valence-corrected chi connectivity index (χ3v) is 3.17. The van der Waals surface area contributed by atoms with Gasteiger partial charge < -0.3 is 11.1 Å². The molecule has 4 heteroatoms. The number of fused-ring (bicyclic) bond motifs is 1. The normalized spacial score (nSPS) is 12.1. The lowest BCUT2D eigenvalue weighted by Gasteiger charge is -2.19.